The number of anilines is 2. The average molecular weight is 394 g/mol. The Balaban J connectivity index is 1.69. The fourth-order valence-electron chi connectivity index (χ4n) is 4.03. The van der Waals surface area contributed by atoms with Gasteiger partial charge in [-0.25, -0.2) is 9.59 Å². The van der Waals surface area contributed by atoms with E-state index in [0.717, 1.165) is 41.1 Å². The summed E-state index contributed by atoms with van der Waals surface area (Å²) in [5, 5.41) is 12.6. The minimum atomic E-state index is -0.924. The van der Waals surface area contributed by atoms with E-state index in [1.54, 1.807) is 28.3 Å². The molecule has 3 aromatic rings. The normalized spacial score (nSPS) is 14.3. The Bertz CT molecular complexity index is 1110. The fraction of sp³-hybridized carbons (Fsp3) is 0.364. The van der Waals surface area contributed by atoms with Crippen molar-refractivity contribution in [3.63, 3.8) is 0 Å². The molecule has 7 nitrogen and oxygen atoms in total. The number of carbonyl (C=O) groups is 1. The first-order chi connectivity index (χ1) is 14.0. The largest absolute Gasteiger partial charge is 0.478 e. The van der Waals surface area contributed by atoms with Gasteiger partial charge >= 0.3 is 11.7 Å². The third-order valence-corrected chi connectivity index (χ3v) is 5.77. The molecule has 1 aliphatic rings. The molecule has 1 saturated heterocycles. The lowest BCUT2D eigenvalue weighted by Gasteiger charge is -2.31. The molecule has 0 spiro atoms. The molecule has 4 rings (SSSR count). The van der Waals surface area contributed by atoms with Crippen molar-refractivity contribution in [1.82, 2.24) is 9.13 Å². The maximum absolute atomic E-state index is 12.4. The number of piperidine rings is 1. The predicted molar refractivity (Wildman–Crippen MR) is 115 cm³/mol. The van der Waals surface area contributed by atoms with Crippen molar-refractivity contribution < 1.29 is 9.90 Å². The predicted octanol–water partition coefficient (Wildman–Crippen LogP) is 3.18. The van der Waals surface area contributed by atoms with Gasteiger partial charge in [-0.3, -0.25) is 9.13 Å². The van der Waals surface area contributed by atoms with Crippen LogP contribution in [-0.2, 0) is 20.6 Å². The van der Waals surface area contributed by atoms with Crippen LogP contribution in [0.3, 0.4) is 0 Å². The van der Waals surface area contributed by atoms with Crippen LogP contribution in [0.1, 0.15) is 35.2 Å². The molecule has 7 heteroatoms. The summed E-state index contributed by atoms with van der Waals surface area (Å²) < 4.78 is 3.36. The Morgan fingerprint density at radius 2 is 1.62 bits per heavy atom. The van der Waals surface area contributed by atoms with Gasteiger partial charge in [-0.1, -0.05) is 12.1 Å². The maximum Gasteiger partial charge on any atom is 0.335 e. The van der Waals surface area contributed by atoms with Crippen LogP contribution in [0.25, 0.3) is 11.0 Å². The Labute approximate surface area is 169 Å². The van der Waals surface area contributed by atoms with Crippen molar-refractivity contribution in [2.24, 2.45) is 14.1 Å². The van der Waals surface area contributed by atoms with E-state index in [9.17, 15) is 9.59 Å². The van der Waals surface area contributed by atoms with Crippen molar-refractivity contribution in [2.75, 3.05) is 23.3 Å². The van der Waals surface area contributed by atoms with Crippen molar-refractivity contribution in [2.45, 2.75) is 25.8 Å². The molecule has 0 atom stereocenters. The van der Waals surface area contributed by atoms with Crippen LogP contribution in [0.15, 0.2) is 41.2 Å². The first-order valence-electron chi connectivity index (χ1n) is 9.96. The van der Waals surface area contributed by atoms with E-state index >= 15 is 0 Å². The molecule has 0 aliphatic carbocycles. The van der Waals surface area contributed by atoms with Crippen LogP contribution >= 0.6 is 0 Å². The molecule has 1 aromatic heterocycles. The molecule has 2 aromatic carbocycles. The van der Waals surface area contributed by atoms with E-state index in [4.69, 9.17) is 5.11 Å². The Kier molecular flexibility index (Phi) is 5.05. The fourth-order valence-corrected chi connectivity index (χ4v) is 4.03. The second kappa shape index (κ2) is 7.66. The van der Waals surface area contributed by atoms with E-state index in [1.165, 1.54) is 19.3 Å². The number of carboxylic acids is 1. The highest BCUT2D eigenvalue weighted by molar-refractivity contribution is 5.89. The minimum Gasteiger partial charge on any atom is -0.478 e. The third kappa shape index (κ3) is 3.60. The standard InChI is InChI=1S/C22H26N4O3/c1-24-19-12-17(23-14-15-6-8-16(9-7-15)21(27)28)18(26-10-4-3-5-11-26)13-20(19)25(2)22(24)29/h6-9,12-13,23H,3-5,10-11,14H2,1-2H3,(H,27,28). The number of hydrogen-bond acceptors (Lipinski definition) is 4. The Morgan fingerprint density at radius 1 is 1.00 bits per heavy atom. The number of benzene rings is 2. The smallest absolute Gasteiger partial charge is 0.335 e. The molecule has 0 saturated carbocycles. The van der Waals surface area contributed by atoms with Gasteiger partial charge in [0, 0.05) is 33.7 Å². The first-order valence-corrected chi connectivity index (χ1v) is 9.96. The van der Waals surface area contributed by atoms with E-state index in [2.05, 4.69) is 16.3 Å². The highest BCUT2D eigenvalue weighted by Crippen LogP contribution is 2.33. The number of aromatic carboxylic acids is 1. The second-order valence-corrected chi connectivity index (χ2v) is 7.66. The van der Waals surface area contributed by atoms with Gasteiger partial charge in [0.05, 0.1) is 28.0 Å². The monoisotopic (exact) mass is 394 g/mol. The number of nitrogens with zero attached hydrogens (tertiary/aromatic N) is 3. The lowest BCUT2D eigenvalue weighted by atomic mass is 10.1. The summed E-state index contributed by atoms with van der Waals surface area (Å²) in [7, 11) is 3.60. The molecule has 152 valence electrons. The van der Waals surface area contributed by atoms with E-state index in [1.807, 2.05) is 25.2 Å². The number of fused-ring (bicyclic) bond motifs is 1. The quantitative estimate of drug-likeness (QED) is 0.695. The van der Waals surface area contributed by atoms with Crippen molar-refractivity contribution in [1.29, 1.82) is 0 Å². The molecular formula is C22H26N4O3. The number of rotatable bonds is 5. The molecule has 0 amide bonds. The molecule has 2 N–H and O–H groups in total. The van der Waals surface area contributed by atoms with Crippen LogP contribution in [0.2, 0.25) is 0 Å². The summed E-state index contributed by atoms with van der Waals surface area (Å²) >= 11 is 0. The lowest BCUT2D eigenvalue weighted by Crippen LogP contribution is -2.30. The molecule has 1 aliphatic heterocycles. The van der Waals surface area contributed by atoms with Crippen LogP contribution in [0.5, 0.6) is 0 Å². The van der Waals surface area contributed by atoms with Crippen LogP contribution < -0.4 is 15.9 Å². The first kappa shape index (κ1) is 19.1. The topological polar surface area (TPSA) is 79.5 Å². The maximum atomic E-state index is 12.4. The average Bonchev–Trinajstić information content (AvgIpc) is 2.96. The van der Waals surface area contributed by atoms with Crippen LogP contribution in [0.4, 0.5) is 11.4 Å². The molecule has 0 unspecified atom stereocenters. The molecular weight excluding hydrogens is 368 g/mol. The van der Waals surface area contributed by atoms with Crippen LogP contribution in [-0.4, -0.2) is 33.3 Å². The number of carboxylic acid groups (broad SMARTS) is 1. The van der Waals surface area contributed by atoms with Gasteiger partial charge in [-0.2, -0.15) is 0 Å². The molecule has 0 bridgehead atoms. The zero-order valence-corrected chi connectivity index (χ0v) is 16.8. The summed E-state index contributed by atoms with van der Waals surface area (Å²) in [6.07, 6.45) is 3.59. The van der Waals surface area contributed by atoms with Gasteiger partial charge in [-0.05, 0) is 49.1 Å². The molecule has 29 heavy (non-hydrogen) atoms. The zero-order valence-electron chi connectivity index (χ0n) is 16.8. The summed E-state index contributed by atoms with van der Waals surface area (Å²) in [4.78, 5) is 25.8. The van der Waals surface area contributed by atoms with Gasteiger partial charge in [0.1, 0.15) is 0 Å². The lowest BCUT2D eigenvalue weighted by molar-refractivity contribution is 0.0697. The second-order valence-electron chi connectivity index (χ2n) is 7.66. The van der Waals surface area contributed by atoms with Crippen LogP contribution in [0, 0.1) is 0 Å². The summed E-state index contributed by atoms with van der Waals surface area (Å²) in [5.41, 5.74) is 5.16. The highest BCUT2D eigenvalue weighted by atomic mass is 16.4. The minimum absolute atomic E-state index is 0.0361. The van der Waals surface area contributed by atoms with Crippen molar-refractivity contribution in [3.05, 3.63) is 58.0 Å². The van der Waals surface area contributed by atoms with E-state index < -0.39 is 5.97 Å². The summed E-state index contributed by atoms with van der Waals surface area (Å²) in [5.74, 6) is -0.924. The number of nitrogens with one attached hydrogen (secondary N) is 1. The van der Waals surface area contributed by atoms with Gasteiger partial charge in [0.2, 0.25) is 0 Å². The van der Waals surface area contributed by atoms with Gasteiger partial charge in [-0.15, -0.1) is 0 Å². The highest BCUT2D eigenvalue weighted by Gasteiger charge is 2.18. The van der Waals surface area contributed by atoms with Gasteiger partial charge < -0.3 is 15.3 Å². The Hall–Kier alpha value is -3.22. The SMILES string of the molecule is Cn1c(=O)n(C)c2cc(N3CCCCC3)c(NCc3ccc(C(=O)O)cc3)cc21. The number of aromatic nitrogens is 2. The van der Waals surface area contributed by atoms with Gasteiger partial charge in [0.25, 0.3) is 0 Å². The Morgan fingerprint density at radius 3 is 2.24 bits per heavy atom. The number of aryl methyl sites for hydroxylation is 2. The van der Waals surface area contributed by atoms with E-state index in [0.29, 0.717) is 6.54 Å². The number of imidazole rings is 1. The molecule has 0 radical (unpaired) electrons. The molecule has 1 fully saturated rings. The van der Waals surface area contributed by atoms with Crippen molar-refractivity contribution in [3.8, 4) is 0 Å². The number of hydrogen-bond donors (Lipinski definition) is 2. The summed E-state index contributed by atoms with van der Waals surface area (Å²) in [6.45, 7) is 2.59. The third-order valence-electron chi connectivity index (χ3n) is 5.77. The van der Waals surface area contributed by atoms with Gasteiger partial charge in [0.15, 0.2) is 0 Å². The van der Waals surface area contributed by atoms with E-state index in [-0.39, 0.29) is 11.3 Å². The summed E-state index contributed by atoms with van der Waals surface area (Å²) in [6, 6.07) is 11.1. The van der Waals surface area contributed by atoms with Crippen molar-refractivity contribution >= 4 is 28.4 Å². The molecule has 2 heterocycles. The zero-order chi connectivity index (χ0) is 20.5.